The first kappa shape index (κ1) is 23.2. The van der Waals surface area contributed by atoms with E-state index in [0.29, 0.717) is 13.2 Å². The quantitative estimate of drug-likeness (QED) is 0.290. The molecule has 0 bridgehead atoms. The minimum Gasteiger partial charge on any atom is -0.508 e. The molecular formula is C30H30O4. The van der Waals surface area contributed by atoms with Crippen molar-refractivity contribution in [1.82, 2.24) is 0 Å². The molecule has 4 heteroatoms. The molecule has 34 heavy (non-hydrogen) atoms. The zero-order chi connectivity index (χ0) is 23.9. The van der Waals surface area contributed by atoms with Gasteiger partial charge in [-0.15, -0.1) is 0 Å². The topological polar surface area (TPSA) is 58.9 Å². The van der Waals surface area contributed by atoms with Crippen molar-refractivity contribution in [1.29, 1.82) is 0 Å². The molecule has 0 amide bonds. The Morgan fingerprint density at radius 1 is 0.471 bits per heavy atom. The van der Waals surface area contributed by atoms with Gasteiger partial charge in [-0.1, -0.05) is 48.5 Å². The van der Waals surface area contributed by atoms with E-state index < -0.39 is 0 Å². The average Bonchev–Trinajstić information content (AvgIpc) is 2.86. The highest BCUT2D eigenvalue weighted by molar-refractivity contribution is 5.48. The second kappa shape index (κ2) is 10.8. The number of aromatic hydroxyl groups is 2. The van der Waals surface area contributed by atoms with Crippen molar-refractivity contribution < 1.29 is 19.7 Å². The van der Waals surface area contributed by atoms with Crippen LogP contribution in [0.2, 0.25) is 0 Å². The minimum atomic E-state index is -0.0583. The predicted octanol–water partition coefficient (Wildman–Crippen LogP) is 6.86. The number of hydrogen-bond acceptors (Lipinski definition) is 4. The smallest absolute Gasteiger partial charge is 0.119 e. The van der Waals surface area contributed by atoms with Crippen LogP contribution < -0.4 is 9.47 Å². The Balaban J connectivity index is 1.87. The van der Waals surface area contributed by atoms with E-state index in [-0.39, 0.29) is 23.3 Å². The second-order valence-corrected chi connectivity index (χ2v) is 8.14. The molecule has 4 nitrogen and oxygen atoms in total. The van der Waals surface area contributed by atoms with Gasteiger partial charge in [-0.05, 0) is 84.6 Å². The maximum atomic E-state index is 9.92. The fourth-order valence-corrected chi connectivity index (χ4v) is 4.39. The Hall–Kier alpha value is -3.92. The number of hydrogen-bond donors (Lipinski definition) is 2. The molecule has 174 valence electrons. The van der Waals surface area contributed by atoms with Gasteiger partial charge in [-0.2, -0.15) is 0 Å². The standard InChI is InChI=1S/C30H30O4/c1-3-33-27-17-9-23(10-18-27)30(24-11-19-28(20-12-24)34-4-2)29(21-5-13-25(31)14-6-21)22-7-15-26(32)16-8-22/h5-20,29-32H,3-4H2,1-2H3. The van der Waals surface area contributed by atoms with Crippen LogP contribution in [0.4, 0.5) is 0 Å². The Kier molecular flexibility index (Phi) is 7.38. The molecule has 4 rings (SSSR count). The Morgan fingerprint density at radius 3 is 1.00 bits per heavy atom. The number of benzene rings is 4. The molecule has 4 aromatic carbocycles. The van der Waals surface area contributed by atoms with E-state index in [9.17, 15) is 10.2 Å². The minimum absolute atomic E-state index is 0.0274. The number of phenolic OH excluding ortho intramolecular Hbond substituents is 2. The lowest BCUT2D eigenvalue weighted by molar-refractivity contribution is 0.340. The molecule has 0 heterocycles. The fourth-order valence-electron chi connectivity index (χ4n) is 4.39. The molecule has 0 saturated heterocycles. The number of ether oxygens (including phenoxy) is 2. The largest absolute Gasteiger partial charge is 0.508 e. The average molecular weight is 455 g/mol. The van der Waals surface area contributed by atoms with E-state index >= 15 is 0 Å². The van der Waals surface area contributed by atoms with Crippen LogP contribution in [-0.4, -0.2) is 23.4 Å². The van der Waals surface area contributed by atoms with E-state index in [0.717, 1.165) is 33.8 Å². The highest BCUT2D eigenvalue weighted by Crippen LogP contribution is 2.44. The number of phenols is 2. The first-order valence-electron chi connectivity index (χ1n) is 11.6. The van der Waals surface area contributed by atoms with Crippen LogP contribution in [0.3, 0.4) is 0 Å². The summed E-state index contributed by atoms with van der Waals surface area (Å²) in [5.41, 5.74) is 4.41. The Labute approximate surface area is 201 Å². The highest BCUT2D eigenvalue weighted by atomic mass is 16.5. The van der Waals surface area contributed by atoms with Crippen molar-refractivity contribution in [3.63, 3.8) is 0 Å². The molecule has 4 aromatic rings. The van der Waals surface area contributed by atoms with Crippen molar-refractivity contribution in [2.24, 2.45) is 0 Å². The van der Waals surface area contributed by atoms with Gasteiger partial charge >= 0.3 is 0 Å². The summed E-state index contributed by atoms with van der Waals surface area (Å²) in [5.74, 6) is 2.04. The van der Waals surface area contributed by atoms with Crippen LogP contribution in [0, 0.1) is 0 Å². The van der Waals surface area contributed by atoms with Gasteiger partial charge < -0.3 is 19.7 Å². The summed E-state index contributed by atoms with van der Waals surface area (Å²) in [4.78, 5) is 0. The van der Waals surface area contributed by atoms with Gasteiger partial charge in [0.2, 0.25) is 0 Å². The molecular weight excluding hydrogens is 424 g/mol. The van der Waals surface area contributed by atoms with Crippen LogP contribution in [-0.2, 0) is 0 Å². The first-order chi connectivity index (χ1) is 16.6. The van der Waals surface area contributed by atoms with Crippen molar-refractivity contribution >= 4 is 0 Å². The van der Waals surface area contributed by atoms with E-state index in [4.69, 9.17) is 9.47 Å². The third-order valence-electron chi connectivity index (χ3n) is 5.94. The van der Waals surface area contributed by atoms with Gasteiger partial charge in [0.05, 0.1) is 13.2 Å². The zero-order valence-corrected chi connectivity index (χ0v) is 19.5. The molecule has 0 fully saturated rings. The number of rotatable bonds is 9. The van der Waals surface area contributed by atoms with Crippen LogP contribution in [0.1, 0.15) is 47.9 Å². The highest BCUT2D eigenvalue weighted by Gasteiger charge is 2.28. The molecule has 0 aliphatic rings. The second-order valence-electron chi connectivity index (χ2n) is 8.14. The first-order valence-corrected chi connectivity index (χ1v) is 11.6. The van der Waals surface area contributed by atoms with Crippen LogP contribution in [0.5, 0.6) is 23.0 Å². The van der Waals surface area contributed by atoms with Crippen molar-refractivity contribution in [3.8, 4) is 23.0 Å². The molecule has 0 aliphatic heterocycles. The van der Waals surface area contributed by atoms with Crippen molar-refractivity contribution in [2.45, 2.75) is 25.7 Å². The Morgan fingerprint density at radius 2 is 0.735 bits per heavy atom. The molecule has 0 radical (unpaired) electrons. The molecule has 0 aromatic heterocycles. The fraction of sp³-hybridized carbons (Fsp3) is 0.200. The molecule has 0 saturated carbocycles. The van der Waals surface area contributed by atoms with Crippen LogP contribution >= 0.6 is 0 Å². The van der Waals surface area contributed by atoms with E-state index in [1.54, 1.807) is 24.3 Å². The summed E-state index contributed by atoms with van der Waals surface area (Å²) >= 11 is 0. The van der Waals surface area contributed by atoms with E-state index in [2.05, 4.69) is 24.3 Å². The van der Waals surface area contributed by atoms with Crippen molar-refractivity contribution in [2.75, 3.05) is 13.2 Å². The normalized spacial score (nSPS) is 11.1. The van der Waals surface area contributed by atoms with Crippen LogP contribution in [0.25, 0.3) is 0 Å². The maximum Gasteiger partial charge on any atom is 0.119 e. The zero-order valence-electron chi connectivity index (χ0n) is 19.5. The van der Waals surface area contributed by atoms with Gasteiger partial charge in [0.25, 0.3) is 0 Å². The van der Waals surface area contributed by atoms with Crippen LogP contribution in [0.15, 0.2) is 97.1 Å². The SMILES string of the molecule is CCOc1ccc(C(c2ccc(OCC)cc2)C(c2ccc(O)cc2)c2ccc(O)cc2)cc1. The third kappa shape index (κ3) is 5.34. The maximum absolute atomic E-state index is 9.92. The summed E-state index contributed by atoms with van der Waals surface area (Å²) in [5, 5.41) is 19.8. The van der Waals surface area contributed by atoms with Gasteiger partial charge in [-0.3, -0.25) is 0 Å². The molecule has 0 aliphatic carbocycles. The van der Waals surface area contributed by atoms with Gasteiger partial charge in [-0.25, -0.2) is 0 Å². The van der Waals surface area contributed by atoms with Gasteiger partial charge in [0.15, 0.2) is 0 Å². The Bertz CT molecular complexity index is 1070. The summed E-state index contributed by atoms with van der Waals surface area (Å²) < 4.78 is 11.3. The molecule has 0 spiro atoms. The van der Waals surface area contributed by atoms with E-state index in [1.165, 1.54) is 0 Å². The van der Waals surface area contributed by atoms with Gasteiger partial charge in [0.1, 0.15) is 23.0 Å². The summed E-state index contributed by atoms with van der Waals surface area (Å²) in [6, 6.07) is 31.2. The van der Waals surface area contributed by atoms with Gasteiger partial charge in [0, 0.05) is 11.8 Å². The monoisotopic (exact) mass is 454 g/mol. The lowest BCUT2D eigenvalue weighted by Crippen LogP contribution is -2.15. The summed E-state index contributed by atoms with van der Waals surface area (Å²) in [6.45, 7) is 5.18. The van der Waals surface area contributed by atoms with Crippen molar-refractivity contribution in [3.05, 3.63) is 119 Å². The molecule has 0 atom stereocenters. The molecule has 0 unspecified atom stereocenters. The lowest BCUT2D eigenvalue weighted by Gasteiger charge is -2.30. The third-order valence-corrected chi connectivity index (χ3v) is 5.94. The molecule has 2 N–H and O–H groups in total. The lowest BCUT2D eigenvalue weighted by atomic mass is 9.73. The van der Waals surface area contributed by atoms with E-state index in [1.807, 2.05) is 62.4 Å². The predicted molar refractivity (Wildman–Crippen MR) is 135 cm³/mol. The summed E-state index contributed by atoms with van der Waals surface area (Å²) in [7, 11) is 0. The summed E-state index contributed by atoms with van der Waals surface area (Å²) in [6.07, 6.45) is 0.